The fourth-order valence-electron chi connectivity index (χ4n) is 3.92. The molecule has 2 saturated heterocycles. The number of hydrogen-bond donors (Lipinski definition) is 0. The minimum Gasteiger partial charge on any atom is -0.354 e. The molecular formula is C19H22F2N4O. The molecule has 1 atom stereocenters. The van der Waals surface area contributed by atoms with Crippen molar-refractivity contribution < 1.29 is 13.6 Å². The molecule has 4 rings (SSSR count). The second-order valence-corrected chi connectivity index (χ2v) is 7.27. The van der Waals surface area contributed by atoms with E-state index < -0.39 is 5.92 Å². The molecule has 2 aliphatic heterocycles. The average molecular weight is 360 g/mol. The molecule has 3 heterocycles. The van der Waals surface area contributed by atoms with Crippen LogP contribution in [0.15, 0.2) is 24.3 Å². The number of amides is 1. The van der Waals surface area contributed by atoms with Gasteiger partial charge in [-0.15, -0.1) is 5.10 Å². The van der Waals surface area contributed by atoms with Crippen molar-refractivity contribution in [3.8, 4) is 0 Å². The second-order valence-electron chi connectivity index (χ2n) is 7.27. The minimum atomic E-state index is -2.63. The van der Waals surface area contributed by atoms with Crippen LogP contribution >= 0.6 is 0 Å². The van der Waals surface area contributed by atoms with Crippen molar-refractivity contribution >= 4 is 22.5 Å². The van der Waals surface area contributed by atoms with E-state index in [-0.39, 0.29) is 37.8 Å². The lowest BCUT2D eigenvalue weighted by atomic mass is 10.0. The number of piperidine rings is 1. The first kappa shape index (κ1) is 17.1. The molecule has 0 spiro atoms. The summed E-state index contributed by atoms with van der Waals surface area (Å²) in [6.45, 7) is 3.52. The summed E-state index contributed by atoms with van der Waals surface area (Å²) in [6, 6.07) is 7.99. The van der Waals surface area contributed by atoms with Crippen LogP contribution in [0.25, 0.3) is 10.8 Å². The van der Waals surface area contributed by atoms with E-state index in [1.165, 1.54) is 0 Å². The van der Waals surface area contributed by atoms with Gasteiger partial charge in [0, 0.05) is 49.8 Å². The SMILES string of the molecule is Cc1nnc(N2CCC(C(=O)N3CCC(F)(F)CC3)C2)c2ccccc12. The van der Waals surface area contributed by atoms with Crippen molar-refractivity contribution in [2.24, 2.45) is 5.92 Å². The summed E-state index contributed by atoms with van der Waals surface area (Å²) >= 11 is 0. The highest BCUT2D eigenvalue weighted by Gasteiger charge is 2.39. The number of alkyl halides is 2. The largest absolute Gasteiger partial charge is 0.354 e. The van der Waals surface area contributed by atoms with Gasteiger partial charge in [-0.2, -0.15) is 5.10 Å². The molecule has 0 bridgehead atoms. The standard InChI is InChI=1S/C19H22F2N4O/c1-13-15-4-2-3-5-16(15)17(23-22-13)25-9-6-14(12-25)18(26)24-10-7-19(20,21)8-11-24/h2-5,14H,6-12H2,1H3. The molecule has 138 valence electrons. The van der Waals surface area contributed by atoms with Gasteiger partial charge in [0.1, 0.15) is 0 Å². The van der Waals surface area contributed by atoms with Crippen molar-refractivity contribution in [1.29, 1.82) is 0 Å². The third-order valence-electron chi connectivity index (χ3n) is 5.50. The smallest absolute Gasteiger partial charge is 0.251 e. The van der Waals surface area contributed by atoms with Crippen LogP contribution in [-0.4, -0.2) is 53.1 Å². The molecule has 0 radical (unpaired) electrons. The quantitative estimate of drug-likeness (QED) is 0.826. The van der Waals surface area contributed by atoms with Gasteiger partial charge < -0.3 is 9.80 Å². The summed E-state index contributed by atoms with van der Waals surface area (Å²) in [5, 5.41) is 10.7. The number of carbonyl (C=O) groups excluding carboxylic acids is 1. The van der Waals surface area contributed by atoms with E-state index >= 15 is 0 Å². The molecular weight excluding hydrogens is 338 g/mol. The zero-order chi connectivity index (χ0) is 18.3. The van der Waals surface area contributed by atoms with E-state index in [0.29, 0.717) is 6.54 Å². The molecule has 0 aliphatic carbocycles. The van der Waals surface area contributed by atoms with Crippen LogP contribution in [0.4, 0.5) is 14.6 Å². The Morgan fingerprint density at radius 2 is 1.81 bits per heavy atom. The Bertz CT molecular complexity index is 831. The van der Waals surface area contributed by atoms with Crippen molar-refractivity contribution in [2.75, 3.05) is 31.1 Å². The highest BCUT2D eigenvalue weighted by atomic mass is 19.3. The van der Waals surface area contributed by atoms with Gasteiger partial charge in [0.15, 0.2) is 5.82 Å². The predicted octanol–water partition coefficient (Wildman–Crippen LogP) is 3.02. The van der Waals surface area contributed by atoms with Gasteiger partial charge in [-0.1, -0.05) is 24.3 Å². The average Bonchev–Trinajstić information content (AvgIpc) is 3.11. The molecule has 1 amide bonds. The zero-order valence-corrected chi connectivity index (χ0v) is 14.8. The fraction of sp³-hybridized carbons (Fsp3) is 0.526. The lowest BCUT2D eigenvalue weighted by molar-refractivity contribution is -0.140. The molecule has 7 heteroatoms. The maximum Gasteiger partial charge on any atom is 0.251 e. The van der Waals surface area contributed by atoms with Crippen molar-refractivity contribution in [2.45, 2.75) is 32.1 Å². The van der Waals surface area contributed by atoms with Crippen molar-refractivity contribution in [1.82, 2.24) is 15.1 Å². The van der Waals surface area contributed by atoms with Crippen LogP contribution in [0.1, 0.15) is 25.0 Å². The first-order chi connectivity index (χ1) is 12.4. The number of nitrogens with zero attached hydrogens (tertiary/aromatic N) is 4. The topological polar surface area (TPSA) is 49.3 Å². The Kier molecular flexibility index (Phi) is 4.25. The van der Waals surface area contributed by atoms with Crippen LogP contribution < -0.4 is 4.90 Å². The van der Waals surface area contributed by atoms with Gasteiger partial charge in [-0.3, -0.25) is 4.79 Å². The molecule has 1 unspecified atom stereocenters. The lowest BCUT2D eigenvalue weighted by Crippen LogP contribution is -2.45. The van der Waals surface area contributed by atoms with E-state index in [4.69, 9.17) is 0 Å². The summed E-state index contributed by atoms with van der Waals surface area (Å²) in [5.74, 6) is -2.00. The normalized spacial score (nSPS) is 22.8. The van der Waals surface area contributed by atoms with Gasteiger partial charge in [0.25, 0.3) is 5.92 Å². The molecule has 26 heavy (non-hydrogen) atoms. The number of rotatable bonds is 2. The Balaban J connectivity index is 1.49. The van der Waals surface area contributed by atoms with E-state index in [0.717, 1.165) is 35.2 Å². The number of anilines is 1. The lowest BCUT2D eigenvalue weighted by Gasteiger charge is -2.33. The summed E-state index contributed by atoms with van der Waals surface area (Å²) < 4.78 is 26.6. The van der Waals surface area contributed by atoms with E-state index in [2.05, 4.69) is 15.1 Å². The maximum atomic E-state index is 13.3. The highest BCUT2D eigenvalue weighted by Crippen LogP contribution is 2.32. The predicted molar refractivity (Wildman–Crippen MR) is 95.4 cm³/mol. The Morgan fingerprint density at radius 3 is 2.54 bits per heavy atom. The van der Waals surface area contributed by atoms with Gasteiger partial charge in [-0.05, 0) is 13.3 Å². The zero-order valence-electron chi connectivity index (χ0n) is 14.8. The summed E-state index contributed by atoms with van der Waals surface area (Å²) in [7, 11) is 0. The molecule has 0 N–H and O–H groups in total. The first-order valence-electron chi connectivity index (χ1n) is 9.08. The molecule has 2 fully saturated rings. The Morgan fingerprint density at radius 1 is 1.12 bits per heavy atom. The van der Waals surface area contributed by atoms with Crippen molar-refractivity contribution in [3.05, 3.63) is 30.0 Å². The first-order valence-corrected chi connectivity index (χ1v) is 9.08. The van der Waals surface area contributed by atoms with Crippen LogP contribution in [0.5, 0.6) is 0 Å². The molecule has 2 aliphatic rings. The molecule has 1 aromatic carbocycles. The van der Waals surface area contributed by atoms with E-state index in [1.54, 1.807) is 4.90 Å². The third-order valence-corrected chi connectivity index (χ3v) is 5.50. The molecule has 2 aromatic rings. The van der Waals surface area contributed by atoms with E-state index in [9.17, 15) is 13.6 Å². The summed E-state index contributed by atoms with van der Waals surface area (Å²) in [5.41, 5.74) is 0.880. The number of likely N-dealkylation sites (tertiary alicyclic amines) is 1. The number of aryl methyl sites for hydroxylation is 1. The summed E-state index contributed by atoms with van der Waals surface area (Å²) in [6.07, 6.45) is 0.252. The molecule has 5 nitrogen and oxygen atoms in total. The van der Waals surface area contributed by atoms with Crippen molar-refractivity contribution in [3.63, 3.8) is 0 Å². The number of benzene rings is 1. The molecule has 1 aromatic heterocycles. The van der Waals surface area contributed by atoms with Crippen LogP contribution in [0.2, 0.25) is 0 Å². The number of halogens is 2. The van der Waals surface area contributed by atoms with Crippen LogP contribution in [0, 0.1) is 12.8 Å². The fourth-order valence-corrected chi connectivity index (χ4v) is 3.92. The summed E-state index contributed by atoms with van der Waals surface area (Å²) in [4.78, 5) is 16.4. The van der Waals surface area contributed by atoms with E-state index in [1.807, 2.05) is 31.2 Å². The van der Waals surface area contributed by atoms with Gasteiger partial charge >= 0.3 is 0 Å². The third kappa shape index (κ3) is 3.10. The minimum absolute atomic E-state index is 0.00706. The number of carbonyl (C=O) groups is 1. The van der Waals surface area contributed by atoms with Gasteiger partial charge in [-0.25, -0.2) is 8.78 Å². The van der Waals surface area contributed by atoms with Crippen LogP contribution in [-0.2, 0) is 4.79 Å². The highest BCUT2D eigenvalue weighted by molar-refractivity contribution is 5.93. The Labute approximate surface area is 151 Å². The van der Waals surface area contributed by atoms with Gasteiger partial charge in [0.05, 0.1) is 11.6 Å². The monoisotopic (exact) mass is 360 g/mol. The second kappa shape index (κ2) is 6.45. The number of fused-ring (bicyclic) bond motifs is 1. The number of hydrogen-bond acceptors (Lipinski definition) is 4. The number of aromatic nitrogens is 2. The van der Waals surface area contributed by atoms with Gasteiger partial charge in [0.2, 0.25) is 5.91 Å². The molecule has 0 saturated carbocycles. The maximum absolute atomic E-state index is 13.3. The van der Waals surface area contributed by atoms with Crippen LogP contribution in [0.3, 0.4) is 0 Å². The Hall–Kier alpha value is -2.31.